The van der Waals surface area contributed by atoms with Crippen LogP contribution in [0.25, 0.3) is 0 Å². The van der Waals surface area contributed by atoms with Crippen LogP contribution in [0, 0.1) is 0 Å². The van der Waals surface area contributed by atoms with Crippen LogP contribution in [0.1, 0.15) is 33.8 Å². The third-order valence-electron chi connectivity index (χ3n) is 4.35. The number of anilines is 3. The largest absolute Gasteiger partial charge is 0.484 e. The van der Waals surface area contributed by atoms with E-state index < -0.39 is 23.8 Å². The maximum absolute atomic E-state index is 13.4. The molecule has 0 bridgehead atoms. The molecule has 0 radical (unpaired) electrons. The molecular formula is C21H18BrF3N2O3S. The number of benzene rings is 2. The first-order chi connectivity index (χ1) is 14.6. The predicted molar refractivity (Wildman–Crippen MR) is 118 cm³/mol. The SMILES string of the molecule is COC(=O)c1sc(Nc2ccc(Br)cc2N)cc1O[C@H](C)c1ccccc1C(F)(F)F. The summed E-state index contributed by atoms with van der Waals surface area (Å²) in [5, 5.41) is 3.61. The Kier molecular flexibility index (Phi) is 6.80. The number of alkyl halides is 3. The van der Waals surface area contributed by atoms with E-state index in [0.717, 1.165) is 21.9 Å². The van der Waals surface area contributed by atoms with E-state index in [1.54, 1.807) is 18.2 Å². The first kappa shape index (κ1) is 23.0. The van der Waals surface area contributed by atoms with Gasteiger partial charge < -0.3 is 20.5 Å². The Morgan fingerprint density at radius 1 is 1.19 bits per heavy atom. The number of hydrogen-bond acceptors (Lipinski definition) is 6. The van der Waals surface area contributed by atoms with Crippen molar-refractivity contribution < 1.29 is 27.4 Å². The van der Waals surface area contributed by atoms with Gasteiger partial charge in [0.05, 0.1) is 29.0 Å². The highest BCUT2D eigenvalue weighted by Crippen LogP contribution is 2.41. The van der Waals surface area contributed by atoms with Crippen molar-refractivity contribution in [3.63, 3.8) is 0 Å². The topological polar surface area (TPSA) is 73.6 Å². The molecule has 0 amide bonds. The molecule has 0 saturated carbocycles. The maximum atomic E-state index is 13.4. The van der Waals surface area contributed by atoms with Gasteiger partial charge in [-0.05, 0) is 31.2 Å². The minimum Gasteiger partial charge on any atom is -0.484 e. The van der Waals surface area contributed by atoms with Crippen molar-refractivity contribution in [3.05, 3.63) is 69.0 Å². The highest BCUT2D eigenvalue weighted by Gasteiger charge is 2.35. The number of nitrogens with two attached hydrogens (primary N) is 1. The summed E-state index contributed by atoms with van der Waals surface area (Å²) in [4.78, 5) is 12.3. The average Bonchev–Trinajstić information content (AvgIpc) is 3.11. The summed E-state index contributed by atoms with van der Waals surface area (Å²) in [6.45, 7) is 1.49. The highest BCUT2D eigenvalue weighted by molar-refractivity contribution is 9.10. The summed E-state index contributed by atoms with van der Waals surface area (Å²) in [6.07, 6.45) is -5.50. The molecule has 0 saturated heterocycles. The molecule has 0 fully saturated rings. The highest BCUT2D eigenvalue weighted by atomic mass is 79.9. The number of ether oxygens (including phenoxy) is 2. The third kappa shape index (κ3) is 5.31. The summed E-state index contributed by atoms with van der Waals surface area (Å²) in [6, 6.07) is 11.9. The van der Waals surface area contributed by atoms with Crippen LogP contribution in [0.4, 0.5) is 29.5 Å². The summed E-state index contributed by atoms with van der Waals surface area (Å²) >= 11 is 4.38. The third-order valence-corrected chi connectivity index (χ3v) is 5.85. The lowest BCUT2D eigenvalue weighted by Crippen LogP contribution is -2.14. The van der Waals surface area contributed by atoms with Gasteiger partial charge in [-0.15, -0.1) is 11.3 Å². The Balaban J connectivity index is 1.93. The van der Waals surface area contributed by atoms with E-state index in [4.69, 9.17) is 15.2 Å². The summed E-state index contributed by atoms with van der Waals surface area (Å²) < 4.78 is 51.5. The second kappa shape index (κ2) is 9.19. The fourth-order valence-corrected chi connectivity index (χ4v) is 4.20. The van der Waals surface area contributed by atoms with Gasteiger partial charge in [0.1, 0.15) is 11.9 Å². The molecular weight excluding hydrogens is 497 g/mol. The van der Waals surface area contributed by atoms with Gasteiger partial charge in [-0.25, -0.2) is 4.79 Å². The van der Waals surface area contributed by atoms with Gasteiger partial charge in [-0.1, -0.05) is 34.1 Å². The Morgan fingerprint density at radius 3 is 2.55 bits per heavy atom. The van der Waals surface area contributed by atoms with Crippen molar-refractivity contribution in [2.45, 2.75) is 19.2 Å². The van der Waals surface area contributed by atoms with E-state index in [1.165, 1.54) is 38.3 Å². The zero-order chi connectivity index (χ0) is 22.8. The zero-order valence-electron chi connectivity index (χ0n) is 16.4. The molecule has 5 nitrogen and oxygen atoms in total. The number of carbonyl (C=O) groups is 1. The van der Waals surface area contributed by atoms with Crippen molar-refractivity contribution in [2.75, 3.05) is 18.2 Å². The van der Waals surface area contributed by atoms with Crippen molar-refractivity contribution in [1.29, 1.82) is 0 Å². The van der Waals surface area contributed by atoms with Crippen LogP contribution in [-0.4, -0.2) is 13.1 Å². The minimum absolute atomic E-state index is 0.0383. The van der Waals surface area contributed by atoms with Crippen LogP contribution >= 0.6 is 27.3 Å². The van der Waals surface area contributed by atoms with Crippen molar-refractivity contribution >= 4 is 49.6 Å². The van der Waals surface area contributed by atoms with Gasteiger partial charge in [-0.3, -0.25) is 0 Å². The van der Waals surface area contributed by atoms with E-state index in [9.17, 15) is 18.0 Å². The molecule has 10 heteroatoms. The quantitative estimate of drug-likeness (QED) is 0.280. The number of thiophene rings is 1. The van der Waals surface area contributed by atoms with Crippen LogP contribution in [0.15, 0.2) is 53.0 Å². The second-order valence-corrected chi connectivity index (χ2v) is 8.47. The number of nitrogens with one attached hydrogen (secondary N) is 1. The molecule has 164 valence electrons. The molecule has 0 spiro atoms. The Labute approximate surface area is 189 Å². The van der Waals surface area contributed by atoms with Gasteiger partial charge in [0.25, 0.3) is 0 Å². The van der Waals surface area contributed by atoms with Gasteiger partial charge in [0, 0.05) is 16.1 Å². The minimum atomic E-state index is -4.53. The molecule has 31 heavy (non-hydrogen) atoms. The van der Waals surface area contributed by atoms with E-state index in [-0.39, 0.29) is 16.2 Å². The lowest BCUT2D eigenvalue weighted by atomic mass is 10.0. The predicted octanol–water partition coefficient (Wildman–Crippen LogP) is 6.78. The molecule has 1 atom stereocenters. The maximum Gasteiger partial charge on any atom is 0.416 e. The number of hydrogen-bond donors (Lipinski definition) is 2. The molecule has 3 rings (SSSR count). The monoisotopic (exact) mass is 514 g/mol. The number of nitrogen functional groups attached to an aromatic ring is 1. The van der Waals surface area contributed by atoms with E-state index in [0.29, 0.717) is 16.4 Å². The lowest BCUT2D eigenvalue weighted by Gasteiger charge is -2.19. The molecule has 1 heterocycles. The molecule has 3 N–H and O–H groups in total. The first-order valence-electron chi connectivity index (χ1n) is 8.97. The Hall–Kier alpha value is -2.72. The van der Waals surface area contributed by atoms with Crippen molar-refractivity contribution in [1.82, 2.24) is 0 Å². The first-order valence-corrected chi connectivity index (χ1v) is 10.6. The van der Waals surface area contributed by atoms with Gasteiger partial charge >= 0.3 is 12.1 Å². The van der Waals surface area contributed by atoms with Crippen molar-refractivity contribution in [2.24, 2.45) is 0 Å². The Bertz CT molecular complexity index is 1100. The summed E-state index contributed by atoms with van der Waals surface area (Å²) in [5.74, 6) is -0.548. The molecule has 0 aliphatic heterocycles. The normalized spacial score (nSPS) is 12.3. The van der Waals surface area contributed by atoms with E-state index in [2.05, 4.69) is 21.2 Å². The van der Waals surface area contributed by atoms with E-state index in [1.807, 2.05) is 0 Å². The molecule has 0 aliphatic rings. The number of carbonyl (C=O) groups excluding carboxylic acids is 1. The number of esters is 1. The fourth-order valence-electron chi connectivity index (χ4n) is 2.90. The van der Waals surface area contributed by atoms with Gasteiger partial charge in [0.15, 0.2) is 4.88 Å². The molecule has 1 aromatic heterocycles. The Morgan fingerprint density at radius 2 is 1.90 bits per heavy atom. The second-order valence-electron chi connectivity index (χ2n) is 6.50. The van der Waals surface area contributed by atoms with Crippen molar-refractivity contribution in [3.8, 4) is 5.75 Å². The van der Waals surface area contributed by atoms with Gasteiger partial charge in [0.2, 0.25) is 0 Å². The molecule has 3 aromatic rings. The number of halogens is 4. The smallest absolute Gasteiger partial charge is 0.416 e. The fraction of sp³-hybridized carbons (Fsp3) is 0.190. The molecule has 0 aliphatic carbocycles. The van der Waals surface area contributed by atoms with Crippen LogP contribution in [-0.2, 0) is 10.9 Å². The number of rotatable bonds is 6. The zero-order valence-corrected chi connectivity index (χ0v) is 18.8. The number of methoxy groups -OCH3 is 1. The standard InChI is InChI=1S/C21H18BrF3N2O3S/c1-11(13-5-3-4-6-14(13)21(23,24)25)30-17-10-18(31-19(17)20(28)29-2)27-16-8-7-12(22)9-15(16)26/h3-11,27H,26H2,1-2H3/t11-/m1/s1. The van der Waals surface area contributed by atoms with Gasteiger partial charge in [-0.2, -0.15) is 13.2 Å². The average molecular weight is 515 g/mol. The van der Waals surface area contributed by atoms with E-state index >= 15 is 0 Å². The molecule has 0 unspecified atom stereocenters. The summed E-state index contributed by atoms with van der Waals surface area (Å²) in [5.41, 5.74) is 6.24. The van der Waals surface area contributed by atoms with Crippen LogP contribution in [0.3, 0.4) is 0 Å². The van der Waals surface area contributed by atoms with Crippen LogP contribution < -0.4 is 15.8 Å². The van der Waals surface area contributed by atoms with Crippen LogP contribution in [0.5, 0.6) is 5.75 Å². The summed E-state index contributed by atoms with van der Waals surface area (Å²) in [7, 11) is 1.22. The lowest BCUT2D eigenvalue weighted by molar-refractivity contribution is -0.139. The molecule has 2 aromatic carbocycles. The van der Waals surface area contributed by atoms with Crippen LogP contribution in [0.2, 0.25) is 0 Å².